The number of hydrogen-bond donors (Lipinski definition) is 2. The molecule has 1 aliphatic rings. The molecular formula is C23H24N8. The minimum Gasteiger partial charge on any atom is -0.375 e. The maximum atomic E-state index is 9.59. The van der Waals surface area contributed by atoms with Crippen LogP contribution in [-0.2, 0) is 0 Å². The second-order valence-corrected chi connectivity index (χ2v) is 7.96. The Labute approximate surface area is 180 Å². The lowest BCUT2D eigenvalue weighted by atomic mass is 10.1. The molecule has 2 N–H and O–H groups in total. The molecule has 5 rings (SSSR count). The van der Waals surface area contributed by atoms with Crippen LogP contribution in [0.3, 0.4) is 0 Å². The van der Waals surface area contributed by atoms with Gasteiger partial charge in [0.1, 0.15) is 11.6 Å². The third-order valence-corrected chi connectivity index (χ3v) is 5.97. The molecule has 4 aromatic heterocycles. The van der Waals surface area contributed by atoms with Crippen LogP contribution in [-0.4, -0.2) is 37.5 Å². The fourth-order valence-corrected chi connectivity index (χ4v) is 4.32. The van der Waals surface area contributed by atoms with Crippen molar-refractivity contribution >= 4 is 11.2 Å². The van der Waals surface area contributed by atoms with Gasteiger partial charge in [0.05, 0.1) is 41.4 Å². The van der Waals surface area contributed by atoms with Crippen LogP contribution < -0.4 is 10.6 Å². The van der Waals surface area contributed by atoms with Crippen molar-refractivity contribution in [1.29, 1.82) is 5.26 Å². The van der Waals surface area contributed by atoms with Gasteiger partial charge in [-0.2, -0.15) is 15.5 Å². The fourth-order valence-electron chi connectivity index (χ4n) is 4.32. The molecule has 0 amide bonds. The number of anilines is 1. The van der Waals surface area contributed by atoms with Crippen molar-refractivity contribution in [1.82, 2.24) is 29.7 Å². The van der Waals surface area contributed by atoms with Gasteiger partial charge >= 0.3 is 0 Å². The molecule has 5 heterocycles. The van der Waals surface area contributed by atoms with Gasteiger partial charge in [-0.1, -0.05) is 6.07 Å². The van der Waals surface area contributed by atoms with Crippen LogP contribution in [0.4, 0.5) is 5.69 Å². The smallest absolute Gasteiger partial charge is 0.107 e. The topological polar surface area (TPSA) is 95.9 Å². The highest BCUT2D eigenvalue weighted by atomic mass is 15.3. The van der Waals surface area contributed by atoms with Gasteiger partial charge in [0.15, 0.2) is 0 Å². The summed E-state index contributed by atoms with van der Waals surface area (Å²) in [6.07, 6.45) is 8.37. The second-order valence-electron chi connectivity index (χ2n) is 7.96. The summed E-state index contributed by atoms with van der Waals surface area (Å²) >= 11 is 0. The van der Waals surface area contributed by atoms with Crippen LogP contribution in [0, 0.1) is 18.3 Å². The molecule has 0 aromatic carbocycles. The average molecular weight is 413 g/mol. The van der Waals surface area contributed by atoms with Crippen molar-refractivity contribution in [2.24, 2.45) is 0 Å². The predicted molar refractivity (Wildman–Crippen MR) is 119 cm³/mol. The quantitative estimate of drug-likeness (QED) is 0.521. The number of fused-ring (bicyclic) bond motifs is 1. The zero-order valence-corrected chi connectivity index (χ0v) is 17.6. The van der Waals surface area contributed by atoms with E-state index < -0.39 is 0 Å². The van der Waals surface area contributed by atoms with Crippen molar-refractivity contribution in [3.05, 3.63) is 66.0 Å². The SMILES string of the molecule is Cc1c(-c2cc(N[C@H](C)c3ccccn3)c3c(C#N)cnn3c2)cnn1[C@H]1CCNC1. The van der Waals surface area contributed by atoms with Gasteiger partial charge in [0.2, 0.25) is 0 Å². The monoisotopic (exact) mass is 412 g/mol. The van der Waals surface area contributed by atoms with Crippen LogP contribution >= 0.6 is 0 Å². The van der Waals surface area contributed by atoms with E-state index in [1.165, 1.54) is 0 Å². The maximum Gasteiger partial charge on any atom is 0.107 e. The van der Waals surface area contributed by atoms with Gasteiger partial charge in [-0.25, -0.2) is 4.52 Å². The molecule has 31 heavy (non-hydrogen) atoms. The maximum absolute atomic E-state index is 9.59. The minimum atomic E-state index is -0.0323. The standard InChI is InChI=1S/C23H24N8/c1-15(21-5-3-4-7-26-21)29-22-9-17(14-30-23(22)18(10-24)11-27-30)20-13-28-31(16(20)2)19-6-8-25-12-19/h3-5,7,9,11,13-15,19,25,29H,6,8,12H2,1-2H3/t15-,19+/m1/s1. The lowest BCUT2D eigenvalue weighted by molar-refractivity contribution is 0.480. The normalized spacial score (nSPS) is 17.0. The van der Waals surface area contributed by atoms with E-state index in [2.05, 4.69) is 56.5 Å². The first kappa shape index (κ1) is 19.3. The molecule has 0 saturated carbocycles. The van der Waals surface area contributed by atoms with Crippen molar-refractivity contribution in [2.45, 2.75) is 32.4 Å². The third kappa shape index (κ3) is 3.43. The van der Waals surface area contributed by atoms with Crippen molar-refractivity contribution in [3.8, 4) is 17.2 Å². The summed E-state index contributed by atoms with van der Waals surface area (Å²) in [5.41, 5.74) is 6.28. The van der Waals surface area contributed by atoms with Crippen molar-refractivity contribution < 1.29 is 0 Å². The molecule has 0 radical (unpaired) electrons. The molecule has 8 nitrogen and oxygen atoms in total. The Morgan fingerprint density at radius 3 is 2.94 bits per heavy atom. The van der Waals surface area contributed by atoms with Gasteiger partial charge in [0.25, 0.3) is 0 Å². The number of hydrogen-bond acceptors (Lipinski definition) is 6. The number of nitrogens with zero attached hydrogens (tertiary/aromatic N) is 6. The van der Waals surface area contributed by atoms with E-state index in [1.54, 1.807) is 16.9 Å². The third-order valence-electron chi connectivity index (χ3n) is 5.97. The van der Waals surface area contributed by atoms with Crippen LogP contribution in [0.1, 0.15) is 42.4 Å². The summed E-state index contributed by atoms with van der Waals surface area (Å²) in [6.45, 7) is 6.14. The molecule has 0 unspecified atom stereocenters. The van der Waals surface area contributed by atoms with E-state index in [0.29, 0.717) is 11.6 Å². The molecular weight excluding hydrogens is 388 g/mol. The van der Waals surface area contributed by atoms with Crippen molar-refractivity contribution in [3.63, 3.8) is 0 Å². The molecule has 2 atom stereocenters. The highest BCUT2D eigenvalue weighted by Crippen LogP contribution is 2.33. The number of nitriles is 1. The fraction of sp³-hybridized carbons (Fsp3) is 0.304. The number of aromatic nitrogens is 5. The van der Waals surface area contributed by atoms with E-state index >= 15 is 0 Å². The molecule has 156 valence electrons. The number of rotatable bonds is 5. The van der Waals surface area contributed by atoms with E-state index in [9.17, 15) is 5.26 Å². The Balaban J connectivity index is 1.59. The van der Waals surface area contributed by atoms with Gasteiger partial charge in [-0.3, -0.25) is 9.67 Å². The first-order valence-corrected chi connectivity index (χ1v) is 10.5. The van der Waals surface area contributed by atoms with E-state index in [4.69, 9.17) is 0 Å². The van der Waals surface area contributed by atoms with Gasteiger partial charge in [-0.05, 0) is 45.0 Å². The molecule has 1 fully saturated rings. The van der Waals surface area contributed by atoms with E-state index in [0.717, 1.165) is 53.2 Å². The number of pyridine rings is 2. The summed E-state index contributed by atoms with van der Waals surface area (Å²) in [7, 11) is 0. The Morgan fingerprint density at radius 2 is 2.19 bits per heavy atom. The van der Waals surface area contributed by atoms with Gasteiger partial charge in [0, 0.05) is 35.8 Å². The van der Waals surface area contributed by atoms with Crippen LogP contribution in [0.5, 0.6) is 0 Å². The molecule has 8 heteroatoms. The Morgan fingerprint density at radius 1 is 1.29 bits per heavy atom. The van der Waals surface area contributed by atoms with Crippen LogP contribution in [0.2, 0.25) is 0 Å². The Hall–Kier alpha value is -3.70. The summed E-state index contributed by atoms with van der Waals surface area (Å²) in [5, 5.41) is 25.6. The average Bonchev–Trinajstić information content (AvgIpc) is 3.53. The zero-order chi connectivity index (χ0) is 21.4. The number of nitrogens with one attached hydrogen (secondary N) is 2. The van der Waals surface area contributed by atoms with E-state index in [-0.39, 0.29) is 6.04 Å². The first-order valence-electron chi connectivity index (χ1n) is 10.5. The molecule has 0 spiro atoms. The summed E-state index contributed by atoms with van der Waals surface area (Å²) < 4.78 is 3.89. The highest BCUT2D eigenvalue weighted by molar-refractivity contribution is 5.83. The zero-order valence-electron chi connectivity index (χ0n) is 17.6. The van der Waals surface area contributed by atoms with E-state index in [1.807, 2.05) is 30.6 Å². The molecule has 1 aliphatic heterocycles. The first-order chi connectivity index (χ1) is 15.2. The summed E-state index contributed by atoms with van der Waals surface area (Å²) in [6, 6.07) is 10.6. The minimum absolute atomic E-state index is 0.0323. The molecule has 0 aliphatic carbocycles. The lowest BCUT2D eigenvalue weighted by Crippen LogP contribution is -2.15. The van der Waals surface area contributed by atoms with Gasteiger partial charge in [-0.15, -0.1) is 0 Å². The van der Waals surface area contributed by atoms with Crippen LogP contribution in [0.15, 0.2) is 49.1 Å². The van der Waals surface area contributed by atoms with Crippen LogP contribution in [0.25, 0.3) is 16.6 Å². The predicted octanol–water partition coefficient (Wildman–Crippen LogP) is 3.48. The summed E-state index contributed by atoms with van der Waals surface area (Å²) in [5.74, 6) is 0. The molecule has 1 saturated heterocycles. The van der Waals surface area contributed by atoms with Gasteiger partial charge < -0.3 is 10.6 Å². The second kappa shape index (κ2) is 7.85. The molecule has 0 bridgehead atoms. The largest absolute Gasteiger partial charge is 0.375 e. The Kier molecular flexibility index (Phi) is 4.88. The molecule has 4 aromatic rings. The Bertz CT molecular complexity index is 1260. The highest BCUT2D eigenvalue weighted by Gasteiger charge is 2.22. The summed E-state index contributed by atoms with van der Waals surface area (Å²) in [4.78, 5) is 4.46. The van der Waals surface area contributed by atoms with Crippen molar-refractivity contribution in [2.75, 3.05) is 18.4 Å². The lowest BCUT2D eigenvalue weighted by Gasteiger charge is -2.17.